The fourth-order valence-electron chi connectivity index (χ4n) is 6.80. The second-order valence-electron chi connectivity index (χ2n) is 11.3. The summed E-state index contributed by atoms with van der Waals surface area (Å²) in [4.78, 5) is 43.3. The van der Waals surface area contributed by atoms with Gasteiger partial charge in [0.2, 0.25) is 17.7 Å². The van der Waals surface area contributed by atoms with Crippen molar-refractivity contribution in [1.82, 2.24) is 10.2 Å². The second-order valence-corrected chi connectivity index (χ2v) is 12.2. The molecule has 5 unspecified atom stereocenters. The monoisotopic (exact) mass is 591 g/mol. The third-order valence-electron chi connectivity index (χ3n) is 8.75. The van der Waals surface area contributed by atoms with Crippen molar-refractivity contribution < 1.29 is 19.1 Å². The minimum Gasteiger partial charge on any atom is -0.359 e. The number of halogens is 1. The van der Waals surface area contributed by atoms with Gasteiger partial charge < -0.3 is 20.3 Å². The van der Waals surface area contributed by atoms with Crippen LogP contribution in [0.2, 0.25) is 0 Å². The molecule has 1 spiro atoms. The fourth-order valence-corrected chi connectivity index (χ4v) is 7.06. The summed E-state index contributed by atoms with van der Waals surface area (Å²) in [7, 11) is 0. The van der Waals surface area contributed by atoms with Crippen molar-refractivity contribution in [2.24, 2.45) is 11.8 Å². The lowest BCUT2D eigenvalue weighted by Crippen LogP contribution is -2.56. The smallest absolute Gasteiger partial charge is 0.246 e. The van der Waals surface area contributed by atoms with Crippen molar-refractivity contribution in [3.8, 4) is 0 Å². The van der Waals surface area contributed by atoms with Crippen LogP contribution in [0.15, 0.2) is 65.2 Å². The van der Waals surface area contributed by atoms with Gasteiger partial charge in [-0.1, -0.05) is 77.2 Å². The molecule has 204 valence electrons. The van der Waals surface area contributed by atoms with Crippen LogP contribution in [0.3, 0.4) is 0 Å². The molecule has 1 aliphatic carbocycles. The molecule has 2 bridgehead atoms. The molecule has 6 rings (SSSR count). The highest BCUT2D eigenvalue weighted by molar-refractivity contribution is 9.10. The van der Waals surface area contributed by atoms with Gasteiger partial charge in [0, 0.05) is 22.7 Å². The van der Waals surface area contributed by atoms with Crippen molar-refractivity contribution in [1.29, 1.82) is 0 Å². The molecule has 3 fully saturated rings. The molecular weight excluding hydrogens is 558 g/mol. The van der Waals surface area contributed by atoms with E-state index in [0.29, 0.717) is 18.7 Å². The standard InChI is InChI=1S/C31H34BrN3O4/c1-19-7-9-20(10-8-19)16-18-35-27(29(37)34-22-5-3-2-4-6-22)31-17-15-24(39-31)25(26(31)30(35)38)28(36)33-23-13-11-21(32)12-14-23/h7-15,17,22,24-27H,2-6,16,18H2,1H3,(H,33,36)(H,34,37). The number of aryl methyl sites for hydroxylation is 1. The molecule has 0 radical (unpaired) electrons. The predicted molar refractivity (Wildman–Crippen MR) is 152 cm³/mol. The quantitative estimate of drug-likeness (QED) is 0.463. The topological polar surface area (TPSA) is 87.7 Å². The number of likely N-dealkylation sites (tertiary alicyclic amines) is 1. The van der Waals surface area contributed by atoms with Gasteiger partial charge in [-0.15, -0.1) is 0 Å². The normalized spacial score (nSPS) is 29.5. The van der Waals surface area contributed by atoms with E-state index in [1.807, 2.05) is 43.3 Å². The maximum absolute atomic E-state index is 14.1. The lowest BCUT2D eigenvalue weighted by molar-refractivity contribution is -0.141. The summed E-state index contributed by atoms with van der Waals surface area (Å²) in [5, 5.41) is 6.21. The summed E-state index contributed by atoms with van der Waals surface area (Å²) in [6, 6.07) is 14.9. The number of rotatable bonds is 7. The number of nitrogens with zero attached hydrogens (tertiary/aromatic N) is 1. The maximum Gasteiger partial charge on any atom is 0.246 e. The van der Waals surface area contributed by atoms with E-state index in [4.69, 9.17) is 4.74 Å². The minimum absolute atomic E-state index is 0.106. The summed E-state index contributed by atoms with van der Waals surface area (Å²) < 4.78 is 7.37. The van der Waals surface area contributed by atoms with Gasteiger partial charge in [-0.3, -0.25) is 14.4 Å². The predicted octanol–water partition coefficient (Wildman–Crippen LogP) is 4.54. The number of hydrogen-bond acceptors (Lipinski definition) is 4. The van der Waals surface area contributed by atoms with Gasteiger partial charge in [-0.05, 0) is 56.0 Å². The molecule has 2 aromatic carbocycles. The van der Waals surface area contributed by atoms with Crippen molar-refractivity contribution in [3.63, 3.8) is 0 Å². The summed E-state index contributed by atoms with van der Waals surface area (Å²) in [5.41, 5.74) is 1.77. The van der Waals surface area contributed by atoms with E-state index in [2.05, 4.69) is 50.8 Å². The highest BCUT2D eigenvalue weighted by Crippen LogP contribution is 2.55. The molecule has 5 atom stereocenters. The van der Waals surface area contributed by atoms with Gasteiger partial charge in [0.25, 0.3) is 0 Å². The van der Waals surface area contributed by atoms with Crippen molar-refractivity contribution >= 4 is 39.3 Å². The van der Waals surface area contributed by atoms with Crippen molar-refractivity contribution in [3.05, 3.63) is 76.3 Å². The van der Waals surface area contributed by atoms with E-state index in [1.165, 1.54) is 12.0 Å². The van der Waals surface area contributed by atoms with Gasteiger partial charge in [0.1, 0.15) is 11.6 Å². The van der Waals surface area contributed by atoms with Crippen LogP contribution in [0.4, 0.5) is 5.69 Å². The molecule has 0 aromatic heterocycles. The van der Waals surface area contributed by atoms with Crippen molar-refractivity contribution in [2.75, 3.05) is 11.9 Å². The lowest BCUT2D eigenvalue weighted by Gasteiger charge is -2.34. The average Bonchev–Trinajstić information content (AvgIpc) is 3.57. The third-order valence-corrected chi connectivity index (χ3v) is 9.28. The van der Waals surface area contributed by atoms with E-state index in [0.717, 1.165) is 35.7 Å². The number of anilines is 1. The lowest BCUT2D eigenvalue weighted by atomic mass is 9.74. The Morgan fingerprint density at radius 2 is 1.74 bits per heavy atom. The van der Waals surface area contributed by atoms with Crippen LogP contribution in [-0.2, 0) is 25.5 Å². The molecule has 39 heavy (non-hydrogen) atoms. The molecule has 2 saturated heterocycles. The van der Waals surface area contributed by atoms with Gasteiger partial charge in [0.15, 0.2) is 0 Å². The zero-order chi connectivity index (χ0) is 27.1. The van der Waals surface area contributed by atoms with Gasteiger partial charge in [-0.2, -0.15) is 0 Å². The van der Waals surface area contributed by atoms with Crippen LogP contribution in [-0.4, -0.2) is 53.0 Å². The van der Waals surface area contributed by atoms with Crippen LogP contribution < -0.4 is 10.6 Å². The Morgan fingerprint density at radius 1 is 1.03 bits per heavy atom. The summed E-state index contributed by atoms with van der Waals surface area (Å²) in [5.74, 6) is -2.09. The number of ether oxygens (including phenoxy) is 1. The van der Waals surface area contributed by atoms with E-state index < -0.39 is 29.6 Å². The van der Waals surface area contributed by atoms with Gasteiger partial charge >= 0.3 is 0 Å². The first-order valence-corrected chi connectivity index (χ1v) is 14.7. The van der Waals surface area contributed by atoms with Crippen LogP contribution in [0, 0.1) is 18.8 Å². The Balaban J connectivity index is 1.28. The highest BCUT2D eigenvalue weighted by atomic mass is 79.9. The molecule has 1 saturated carbocycles. The fraction of sp³-hybridized carbons (Fsp3) is 0.452. The number of nitrogens with one attached hydrogen (secondary N) is 2. The number of fused-ring (bicyclic) bond motifs is 1. The van der Waals surface area contributed by atoms with E-state index in [9.17, 15) is 14.4 Å². The van der Waals surface area contributed by atoms with Gasteiger partial charge in [-0.25, -0.2) is 0 Å². The molecule has 2 aromatic rings. The zero-order valence-electron chi connectivity index (χ0n) is 22.1. The van der Waals surface area contributed by atoms with Crippen molar-refractivity contribution in [2.45, 2.75) is 69.2 Å². The minimum atomic E-state index is -1.14. The molecule has 7 nitrogen and oxygen atoms in total. The van der Waals surface area contributed by atoms with E-state index in [1.54, 1.807) is 4.90 Å². The Bertz CT molecular complexity index is 1290. The van der Waals surface area contributed by atoms with Gasteiger partial charge in [0.05, 0.1) is 17.9 Å². The second kappa shape index (κ2) is 10.5. The molecular formula is C31H34BrN3O4. The molecule has 2 N–H and O–H groups in total. The summed E-state index contributed by atoms with van der Waals surface area (Å²) in [6.07, 6.45) is 9.08. The Labute approximate surface area is 237 Å². The number of carbonyl (C=O) groups is 3. The summed E-state index contributed by atoms with van der Waals surface area (Å²) >= 11 is 3.42. The number of amides is 3. The SMILES string of the molecule is Cc1ccc(CCN2C(=O)C3C(C(=O)Nc4ccc(Br)cc4)C4C=CC3(O4)C2C(=O)NC2CCCCC2)cc1. The molecule has 3 aliphatic heterocycles. The number of carbonyl (C=O) groups excluding carboxylic acids is 3. The molecule has 3 amide bonds. The summed E-state index contributed by atoms with van der Waals surface area (Å²) in [6.45, 7) is 2.42. The Hall–Kier alpha value is -2.97. The van der Waals surface area contributed by atoms with Crippen LogP contribution >= 0.6 is 15.9 Å². The van der Waals surface area contributed by atoms with E-state index in [-0.39, 0.29) is 23.8 Å². The van der Waals surface area contributed by atoms with Crippen LogP contribution in [0.5, 0.6) is 0 Å². The molecule has 8 heteroatoms. The van der Waals surface area contributed by atoms with E-state index >= 15 is 0 Å². The molecule has 3 heterocycles. The zero-order valence-corrected chi connectivity index (χ0v) is 23.7. The van der Waals surface area contributed by atoms with Crippen LogP contribution in [0.1, 0.15) is 43.2 Å². The molecule has 4 aliphatic rings. The van der Waals surface area contributed by atoms with Crippen LogP contribution in [0.25, 0.3) is 0 Å². The first-order valence-electron chi connectivity index (χ1n) is 14.0. The first kappa shape index (κ1) is 26.3. The highest BCUT2D eigenvalue weighted by Gasteiger charge is 2.72. The first-order chi connectivity index (χ1) is 18.9. The number of hydrogen-bond donors (Lipinski definition) is 2. The average molecular weight is 593 g/mol. The third kappa shape index (κ3) is 4.82. The number of benzene rings is 2. The Kier molecular flexibility index (Phi) is 7.10. The maximum atomic E-state index is 14.1. The Morgan fingerprint density at radius 3 is 2.46 bits per heavy atom. The largest absolute Gasteiger partial charge is 0.359 e.